The van der Waals surface area contributed by atoms with Crippen molar-refractivity contribution >= 4 is 17.5 Å². The number of nitrogens with one attached hydrogen (secondary N) is 1. The Kier molecular flexibility index (Phi) is 5.05. The largest absolute Gasteiger partial charge is 0.465 e. The van der Waals surface area contributed by atoms with Crippen molar-refractivity contribution in [3.05, 3.63) is 79.9 Å². The standard InChI is InChI=1S/C15H13N3O6/c19-15(20)16-9-14(10-1-5-12(6-2-10)17(21)22)11-3-7-13(8-4-11)18(23)24/h1-8,14,16H,9H2,(H,19,20). The Morgan fingerprint density at radius 3 is 1.58 bits per heavy atom. The van der Waals surface area contributed by atoms with Gasteiger partial charge in [0.15, 0.2) is 0 Å². The summed E-state index contributed by atoms with van der Waals surface area (Å²) < 4.78 is 0. The van der Waals surface area contributed by atoms with Crippen LogP contribution in [0.1, 0.15) is 17.0 Å². The van der Waals surface area contributed by atoms with E-state index in [2.05, 4.69) is 5.32 Å². The van der Waals surface area contributed by atoms with Crippen molar-refractivity contribution < 1.29 is 19.7 Å². The van der Waals surface area contributed by atoms with Crippen molar-refractivity contribution in [2.24, 2.45) is 0 Å². The summed E-state index contributed by atoms with van der Waals surface area (Å²) in [5, 5.41) is 32.5. The molecule has 0 heterocycles. The molecule has 2 aromatic carbocycles. The first-order valence-corrected chi connectivity index (χ1v) is 6.84. The van der Waals surface area contributed by atoms with Gasteiger partial charge in [-0.3, -0.25) is 20.2 Å². The minimum atomic E-state index is -1.20. The third kappa shape index (κ3) is 4.03. The fourth-order valence-corrected chi connectivity index (χ4v) is 2.27. The van der Waals surface area contributed by atoms with Crippen LogP contribution in [0, 0.1) is 20.2 Å². The van der Waals surface area contributed by atoms with Gasteiger partial charge in [-0.1, -0.05) is 24.3 Å². The fraction of sp³-hybridized carbons (Fsp3) is 0.133. The Balaban J connectivity index is 2.34. The summed E-state index contributed by atoms with van der Waals surface area (Å²) >= 11 is 0. The van der Waals surface area contributed by atoms with Gasteiger partial charge in [0, 0.05) is 36.7 Å². The Morgan fingerprint density at radius 2 is 1.29 bits per heavy atom. The van der Waals surface area contributed by atoms with Crippen LogP contribution in [0.3, 0.4) is 0 Å². The van der Waals surface area contributed by atoms with Gasteiger partial charge in [-0.05, 0) is 11.1 Å². The van der Waals surface area contributed by atoms with E-state index in [-0.39, 0.29) is 17.9 Å². The molecule has 124 valence electrons. The second-order valence-corrected chi connectivity index (χ2v) is 4.94. The van der Waals surface area contributed by atoms with Crippen LogP contribution in [0.25, 0.3) is 0 Å². The number of carboxylic acid groups (broad SMARTS) is 1. The lowest BCUT2D eigenvalue weighted by Crippen LogP contribution is -2.27. The zero-order valence-electron chi connectivity index (χ0n) is 12.3. The first-order chi connectivity index (χ1) is 11.4. The highest BCUT2D eigenvalue weighted by Crippen LogP contribution is 2.27. The number of benzene rings is 2. The van der Waals surface area contributed by atoms with Crippen molar-refractivity contribution in [1.82, 2.24) is 5.32 Å². The first kappa shape index (κ1) is 16.9. The van der Waals surface area contributed by atoms with Gasteiger partial charge in [-0.15, -0.1) is 0 Å². The molecular formula is C15H13N3O6. The Bertz CT molecular complexity index is 700. The average molecular weight is 331 g/mol. The predicted molar refractivity (Wildman–Crippen MR) is 84.1 cm³/mol. The van der Waals surface area contributed by atoms with Crippen LogP contribution in [-0.4, -0.2) is 27.6 Å². The van der Waals surface area contributed by atoms with Gasteiger partial charge in [-0.25, -0.2) is 4.79 Å². The fourth-order valence-electron chi connectivity index (χ4n) is 2.27. The molecule has 2 N–H and O–H groups in total. The maximum Gasteiger partial charge on any atom is 0.404 e. The van der Waals surface area contributed by atoms with Gasteiger partial charge in [0.25, 0.3) is 11.4 Å². The van der Waals surface area contributed by atoms with Gasteiger partial charge in [0.2, 0.25) is 0 Å². The zero-order valence-corrected chi connectivity index (χ0v) is 12.3. The quantitative estimate of drug-likeness (QED) is 0.617. The minimum absolute atomic E-state index is 0.0327. The summed E-state index contributed by atoms with van der Waals surface area (Å²) in [7, 11) is 0. The van der Waals surface area contributed by atoms with Gasteiger partial charge in [0.05, 0.1) is 9.85 Å². The van der Waals surface area contributed by atoms with E-state index >= 15 is 0 Å². The topological polar surface area (TPSA) is 136 Å². The summed E-state index contributed by atoms with van der Waals surface area (Å²) in [6.07, 6.45) is -1.20. The van der Waals surface area contributed by atoms with E-state index < -0.39 is 21.9 Å². The minimum Gasteiger partial charge on any atom is -0.465 e. The van der Waals surface area contributed by atoms with Gasteiger partial charge < -0.3 is 10.4 Å². The van der Waals surface area contributed by atoms with E-state index in [0.717, 1.165) is 0 Å². The van der Waals surface area contributed by atoms with Gasteiger partial charge in [-0.2, -0.15) is 0 Å². The van der Waals surface area contributed by atoms with E-state index in [1.165, 1.54) is 48.5 Å². The molecule has 0 radical (unpaired) electrons. The highest BCUT2D eigenvalue weighted by molar-refractivity contribution is 5.64. The van der Waals surface area contributed by atoms with Crippen molar-refractivity contribution in [3.63, 3.8) is 0 Å². The first-order valence-electron chi connectivity index (χ1n) is 6.84. The molecule has 1 amide bonds. The maximum atomic E-state index is 10.8. The molecule has 0 aliphatic heterocycles. The van der Waals surface area contributed by atoms with Crippen molar-refractivity contribution in [1.29, 1.82) is 0 Å². The third-order valence-corrected chi connectivity index (χ3v) is 3.47. The molecule has 0 atom stereocenters. The molecule has 2 rings (SSSR count). The lowest BCUT2D eigenvalue weighted by Gasteiger charge is -2.17. The highest BCUT2D eigenvalue weighted by Gasteiger charge is 2.18. The normalized spacial score (nSPS) is 10.4. The molecule has 0 spiro atoms. The number of rotatable bonds is 6. The van der Waals surface area contributed by atoms with Crippen molar-refractivity contribution in [3.8, 4) is 0 Å². The van der Waals surface area contributed by atoms with Crippen LogP contribution >= 0.6 is 0 Å². The Hall–Kier alpha value is -3.49. The molecule has 0 saturated heterocycles. The van der Waals surface area contributed by atoms with Crippen LogP contribution in [0.4, 0.5) is 16.2 Å². The summed E-state index contributed by atoms with van der Waals surface area (Å²) in [4.78, 5) is 31.1. The molecule has 2 aromatic rings. The van der Waals surface area contributed by atoms with Crippen LogP contribution in [0.15, 0.2) is 48.5 Å². The molecule has 24 heavy (non-hydrogen) atoms. The number of hydrogen-bond acceptors (Lipinski definition) is 5. The molecule has 0 unspecified atom stereocenters. The van der Waals surface area contributed by atoms with E-state index in [4.69, 9.17) is 5.11 Å². The van der Waals surface area contributed by atoms with E-state index in [1.54, 1.807) is 0 Å². The molecular weight excluding hydrogens is 318 g/mol. The lowest BCUT2D eigenvalue weighted by atomic mass is 9.91. The predicted octanol–water partition coefficient (Wildman–Crippen LogP) is 2.90. The third-order valence-electron chi connectivity index (χ3n) is 3.47. The maximum absolute atomic E-state index is 10.8. The molecule has 0 saturated carbocycles. The Morgan fingerprint density at radius 1 is 0.917 bits per heavy atom. The van der Waals surface area contributed by atoms with E-state index in [0.29, 0.717) is 11.1 Å². The summed E-state index contributed by atoms with van der Waals surface area (Å²) in [5.41, 5.74) is 1.16. The number of hydrogen-bond donors (Lipinski definition) is 2. The van der Waals surface area contributed by atoms with E-state index in [9.17, 15) is 25.0 Å². The molecule has 0 bridgehead atoms. The van der Waals surface area contributed by atoms with Crippen LogP contribution in [0.5, 0.6) is 0 Å². The van der Waals surface area contributed by atoms with Crippen LogP contribution < -0.4 is 5.32 Å². The molecule has 0 aromatic heterocycles. The summed E-state index contributed by atoms with van der Waals surface area (Å²) in [6.45, 7) is 0.0327. The second kappa shape index (κ2) is 7.18. The van der Waals surface area contributed by atoms with Gasteiger partial charge in [0.1, 0.15) is 0 Å². The van der Waals surface area contributed by atoms with Crippen molar-refractivity contribution in [2.75, 3.05) is 6.54 Å². The molecule has 0 fully saturated rings. The lowest BCUT2D eigenvalue weighted by molar-refractivity contribution is -0.385. The van der Waals surface area contributed by atoms with Crippen LogP contribution in [0.2, 0.25) is 0 Å². The summed E-state index contributed by atoms with van der Waals surface area (Å²) in [6, 6.07) is 11.5. The number of nitro groups is 2. The van der Waals surface area contributed by atoms with Crippen LogP contribution in [-0.2, 0) is 0 Å². The number of nitro benzene ring substituents is 2. The van der Waals surface area contributed by atoms with Crippen molar-refractivity contribution in [2.45, 2.75) is 5.92 Å². The van der Waals surface area contributed by atoms with E-state index in [1.807, 2.05) is 0 Å². The molecule has 9 heteroatoms. The SMILES string of the molecule is O=C(O)NCC(c1ccc([N+](=O)[O-])cc1)c1ccc([N+](=O)[O-])cc1. The highest BCUT2D eigenvalue weighted by atomic mass is 16.6. The smallest absolute Gasteiger partial charge is 0.404 e. The Labute approximate surface area is 135 Å². The number of nitrogens with zero attached hydrogens (tertiary/aromatic N) is 2. The number of non-ortho nitro benzene ring substituents is 2. The van der Waals surface area contributed by atoms with Gasteiger partial charge >= 0.3 is 6.09 Å². The number of carbonyl (C=O) groups is 1. The zero-order chi connectivity index (χ0) is 17.7. The average Bonchev–Trinajstić information content (AvgIpc) is 2.55. The molecule has 9 nitrogen and oxygen atoms in total. The second-order valence-electron chi connectivity index (χ2n) is 4.94. The number of amides is 1. The molecule has 0 aliphatic carbocycles. The monoisotopic (exact) mass is 331 g/mol. The molecule has 0 aliphatic rings. The summed E-state index contributed by atoms with van der Waals surface area (Å²) in [5.74, 6) is -0.428.